The number of carbonyl (C=O) groups is 4. The van der Waals surface area contributed by atoms with Gasteiger partial charge in [-0.05, 0) is 104 Å². The first kappa shape index (κ1) is 42.8. The Hall–Kier alpha value is -7.18. The van der Waals surface area contributed by atoms with Crippen LogP contribution in [0.4, 0.5) is 9.59 Å². The summed E-state index contributed by atoms with van der Waals surface area (Å²) in [6.45, 7) is 1.67. The molecule has 1 saturated carbocycles. The average molecular weight is 889 g/mol. The molecule has 66 heavy (non-hydrogen) atoms. The predicted octanol–water partition coefficient (Wildman–Crippen LogP) is 7.47. The van der Waals surface area contributed by atoms with Crippen LogP contribution in [0.1, 0.15) is 91.4 Å². The van der Waals surface area contributed by atoms with Crippen molar-refractivity contribution in [3.8, 4) is 23.1 Å². The van der Waals surface area contributed by atoms with E-state index in [0.29, 0.717) is 44.0 Å². The summed E-state index contributed by atoms with van der Waals surface area (Å²) in [4.78, 5) is 73.8. The number of aromatic amines is 2. The minimum absolute atomic E-state index is 0.0350. The molecular weight excluding hydrogens is 837 g/mol. The molecule has 1 aliphatic carbocycles. The number of H-pyrrole nitrogens is 2. The molecule has 15 nitrogen and oxygen atoms in total. The van der Waals surface area contributed by atoms with Crippen LogP contribution in [0.5, 0.6) is 0 Å². The van der Waals surface area contributed by atoms with Gasteiger partial charge >= 0.3 is 12.2 Å². The summed E-state index contributed by atoms with van der Waals surface area (Å²) in [7, 11) is 2.60. The van der Waals surface area contributed by atoms with E-state index in [2.05, 4.69) is 50.6 Å². The van der Waals surface area contributed by atoms with E-state index < -0.39 is 24.3 Å². The van der Waals surface area contributed by atoms with Crippen molar-refractivity contribution in [1.29, 1.82) is 0 Å². The number of carbonyl (C=O) groups excluding carboxylic acids is 4. The Kier molecular flexibility index (Phi) is 11.9. The highest BCUT2D eigenvalue weighted by molar-refractivity contribution is 6.04. The molecule has 4 fully saturated rings. The zero-order chi connectivity index (χ0) is 45.3. The lowest BCUT2D eigenvalue weighted by atomic mass is 9.89. The first-order chi connectivity index (χ1) is 32.3. The van der Waals surface area contributed by atoms with Crippen LogP contribution < -0.4 is 10.6 Å². The first-order valence-corrected chi connectivity index (χ1v) is 22.8. The molecule has 3 aliphatic heterocycles. The maximum Gasteiger partial charge on any atom is 0.407 e. The molecule has 2 unspecified atom stereocenters. The molecule has 4 aliphatic rings. The summed E-state index contributed by atoms with van der Waals surface area (Å²) in [5.41, 5.74) is 5.92. The number of fused-ring (bicyclic) bond motifs is 5. The third-order valence-corrected chi connectivity index (χ3v) is 13.9. The number of alkyl carbamates (subject to hydrolysis) is 2. The summed E-state index contributed by atoms with van der Waals surface area (Å²) in [6, 6.07) is 25.4. The number of hydrogen-bond donors (Lipinski definition) is 4. The lowest BCUT2D eigenvalue weighted by Gasteiger charge is -2.39. The summed E-state index contributed by atoms with van der Waals surface area (Å²) in [5, 5.41) is 7.60. The number of methoxy groups -OCH3 is 2. The van der Waals surface area contributed by atoms with Gasteiger partial charge in [0.15, 0.2) is 0 Å². The highest BCUT2D eigenvalue weighted by Gasteiger charge is 2.52. The molecule has 4 aromatic carbocycles. The third kappa shape index (κ3) is 8.33. The Bertz CT molecular complexity index is 2840. The number of benzene rings is 4. The van der Waals surface area contributed by atoms with Crippen LogP contribution in [0.25, 0.3) is 33.1 Å². The topological polar surface area (TPSA) is 184 Å². The van der Waals surface area contributed by atoms with Gasteiger partial charge in [0.2, 0.25) is 5.91 Å². The summed E-state index contributed by atoms with van der Waals surface area (Å²) < 4.78 is 15.4. The fourth-order valence-corrected chi connectivity index (χ4v) is 10.6. The molecule has 4 N–H and O–H groups in total. The van der Waals surface area contributed by atoms with E-state index in [4.69, 9.17) is 24.2 Å². The lowest BCUT2D eigenvalue weighted by molar-refractivity contribution is -0.140. The van der Waals surface area contributed by atoms with E-state index >= 15 is 0 Å². The van der Waals surface area contributed by atoms with E-state index in [0.717, 1.165) is 82.1 Å². The molecule has 3 saturated heterocycles. The number of amides is 4. The van der Waals surface area contributed by atoms with Crippen molar-refractivity contribution >= 4 is 45.8 Å². The van der Waals surface area contributed by atoms with Crippen LogP contribution in [0.2, 0.25) is 0 Å². The highest BCUT2D eigenvalue weighted by atomic mass is 16.5. The van der Waals surface area contributed by atoms with E-state index in [1.807, 2.05) is 71.6 Å². The number of piperidine rings is 1. The predicted molar refractivity (Wildman–Crippen MR) is 246 cm³/mol. The van der Waals surface area contributed by atoms with Crippen molar-refractivity contribution in [1.82, 2.24) is 40.4 Å². The SMILES string of the molecule is COC(=O)N[C@H](C(=O)N1C2CC[C@@H](C2)C1c1nc2c(ccc3cc(C#Cc4ccc(-c5cnc([C@@H]6CCCN6C(=O)[C@H](NC(=O)OC)c6ccccc6)[nH]5)cc4)ccc32)[nH]1)C1CCOCC1. The third-order valence-electron chi connectivity index (χ3n) is 13.9. The Labute approximate surface area is 382 Å². The molecule has 5 heterocycles. The first-order valence-electron chi connectivity index (χ1n) is 22.8. The van der Waals surface area contributed by atoms with Gasteiger partial charge in [-0.25, -0.2) is 19.6 Å². The standard InChI is InChI=1S/C51H52N8O7/c1-64-50(62)56-42(33-7-4-3-5-8-33)48(60)58-24-6-9-41(58)46-52-29-40(54-46)32-15-12-30(13-16-32)10-11-31-14-20-38-35(27-31)18-21-39-44(38)55-47(53-39)45-36-17-19-37(28-36)59(45)49(61)43(57-51(63)65-2)34-22-25-66-26-23-34/h3-5,7-8,12-16,18,20-21,27,29,34,36-37,41-43,45H,6,9,17,19,22-26,28H2,1-2H3,(H,52,54)(H,53,55)(H,56,62)(H,57,63)/t36-,37?,41-,42+,43-,45?/m0/s1. The number of imidazole rings is 2. The maximum absolute atomic E-state index is 14.5. The summed E-state index contributed by atoms with van der Waals surface area (Å²) >= 11 is 0. The number of nitrogens with one attached hydrogen (secondary N) is 4. The smallest absolute Gasteiger partial charge is 0.407 e. The normalized spacial score (nSPS) is 21.3. The van der Waals surface area contributed by atoms with Crippen LogP contribution in [0, 0.1) is 23.7 Å². The van der Waals surface area contributed by atoms with Crippen LogP contribution in [-0.4, -0.2) is 99.8 Å². The number of likely N-dealkylation sites (tertiary alicyclic amines) is 2. The molecule has 15 heteroatoms. The van der Waals surface area contributed by atoms with Crippen molar-refractivity contribution < 1.29 is 33.4 Å². The Morgan fingerprint density at radius 3 is 2.35 bits per heavy atom. The molecule has 2 aromatic heterocycles. The lowest BCUT2D eigenvalue weighted by Crippen LogP contribution is -2.55. The van der Waals surface area contributed by atoms with Crippen molar-refractivity contribution in [2.24, 2.45) is 11.8 Å². The van der Waals surface area contributed by atoms with E-state index in [9.17, 15) is 19.2 Å². The van der Waals surface area contributed by atoms with Crippen LogP contribution in [0.3, 0.4) is 0 Å². The number of aromatic nitrogens is 4. The molecular formula is C51H52N8O7. The Morgan fingerprint density at radius 1 is 0.803 bits per heavy atom. The van der Waals surface area contributed by atoms with Gasteiger partial charge < -0.3 is 44.6 Å². The quantitative estimate of drug-likeness (QED) is 0.107. The van der Waals surface area contributed by atoms with Gasteiger partial charge in [0.25, 0.3) is 5.91 Å². The minimum atomic E-state index is -0.887. The van der Waals surface area contributed by atoms with Crippen LogP contribution in [0.15, 0.2) is 91.1 Å². The number of ether oxygens (including phenoxy) is 3. The van der Waals surface area contributed by atoms with E-state index in [1.165, 1.54) is 14.2 Å². The summed E-state index contributed by atoms with van der Waals surface area (Å²) in [5.74, 6) is 8.07. The van der Waals surface area contributed by atoms with Crippen LogP contribution in [-0.2, 0) is 23.8 Å². The van der Waals surface area contributed by atoms with Crippen molar-refractivity contribution in [2.75, 3.05) is 34.0 Å². The minimum Gasteiger partial charge on any atom is -0.453 e. The Morgan fingerprint density at radius 2 is 1.56 bits per heavy atom. The number of nitrogens with zero attached hydrogens (tertiary/aromatic N) is 4. The second kappa shape index (κ2) is 18.4. The van der Waals surface area contributed by atoms with Gasteiger partial charge in [0, 0.05) is 42.3 Å². The van der Waals surface area contributed by atoms with Crippen molar-refractivity contribution in [3.05, 3.63) is 119 Å². The van der Waals surface area contributed by atoms with E-state index in [1.54, 1.807) is 11.1 Å². The van der Waals surface area contributed by atoms with Crippen molar-refractivity contribution in [3.63, 3.8) is 0 Å². The zero-order valence-corrected chi connectivity index (χ0v) is 36.9. The molecule has 2 bridgehead atoms. The molecule has 0 radical (unpaired) electrons. The van der Waals surface area contributed by atoms with Gasteiger partial charge in [0.05, 0.1) is 49.2 Å². The highest BCUT2D eigenvalue weighted by Crippen LogP contribution is 2.50. The van der Waals surface area contributed by atoms with Gasteiger partial charge in [-0.2, -0.15) is 0 Å². The Balaban J connectivity index is 0.835. The zero-order valence-electron chi connectivity index (χ0n) is 36.9. The largest absolute Gasteiger partial charge is 0.453 e. The number of rotatable bonds is 9. The van der Waals surface area contributed by atoms with Gasteiger partial charge in [-0.1, -0.05) is 66.4 Å². The van der Waals surface area contributed by atoms with Gasteiger partial charge in [-0.15, -0.1) is 0 Å². The molecule has 338 valence electrons. The fourth-order valence-electron chi connectivity index (χ4n) is 10.6. The molecule has 6 aromatic rings. The van der Waals surface area contributed by atoms with E-state index in [-0.39, 0.29) is 41.8 Å². The van der Waals surface area contributed by atoms with Gasteiger partial charge in [-0.3, -0.25) is 9.59 Å². The fraction of sp³-hybridized carbons (Fsp3) is 0.373. The van der Waals surface area contributed by atoms with Crippen molar-refractivity contribution in [2.45, 2.75) is 75.2 Å². The second-order valence-electron chi connectivity index (χ2n) is 17.7. The molecule has 4 amide bonds. The maximum atomic E-state index is 14.5. The van der Waals surface area contributed by atoms with Crippen LogP contribution >= 0.6 is 0 Å². The molecule has 6 atom stereocenters. The number of hydrogen-bond acceptors (Lipinski definition) is 9. The second-order valence-corrected chi connectivity index (χ2v) is 17.7. The molecule has 0 spiro atoms. The molecule has 10 rings (SSSR count). The monoisotopic (exact) mass is 888 g/mol. The summed E-state index contributed by atoms with van der Waals surface area (Å²) in [6.07, 6.45) is 6.34. The van der Waals surface area contributed by atoms with Gasteiger partial charge in [0.1, 0.15) is 23.7 Å². The average Bonchev–Trinajstić information content (AvgIpc) is 4.23.